The summed E-state index contributed by atoms with van der Waals surface area (Å²) in [7, 11) is 1.64. The fourth-order valence-electron chi connectivity index (χ4n) is 4.17. The van der Waals surface area contributed by atoms with Crippen LogP contribution in [-0.2, 0) is 11.2 Å². The molecule has 1 heterocycles. The molecule has 1 amide bonds. The number of amides is 1. The maximum absolute atomic E-state index is 13.3. The van der Waals surface area contributed by atoms with E-state index in [0.717, 1.165) is 43.4 Å². The molecular formula is C25H29N3O3S. The molecule has 0 aliphatic heterocycles. The number of nitrogens with one attached hydrogen (secondary N) is 1. The molecule has 1 unspecified atom stereocenters. The van der Waals surface area contributed by atoms with E-state index >= 15 is 0 Å². The van der Waals surface area contributed by atoms with Crippen molar-refractivity contribution in [3.63, 3.8) is 0 Å². The van der Waals surface area contributed by atoms with Crippen molar-refractivity contribution in [1.29, 1.82) is 0 Å². The fraction of sp³-hybridized carbons (Fsp3) is 0.400. The van der Waals surface area contributed by atoms with E-state index in [-0.39, 0.29) is 22.8 Å². The number of aromatic nitrogens is 2. The van der Waals surface area contributed by atoms with Gasteiger partial charge < -0.3 is 10.1 Å². The molecule has 0 radical (unpaired) electrons. The summed E-state index contributed by atoms with van der Waals surface area (Å²) in [6, 6.07) is 15.5. The molecule has 2 aromatic carbocycles. The summed E-state index contributed by atoms with van der Waals surface area (Å²) in [5.74, 6) is 0.767. The second kappa shape index (κ2) is 10.2. The summed E-state index contributed by atoms with van der Waals surface area (Å²) in [4.78, 5) is 30.8. The number of benzene rings is 2. The zero-order chi connectivity index (χ0) is 22.5. The van der Waals surface area contributed by atoms with E-state index in [2.05, 4.69) is 5.32 Å². The highest BCUT2D eigenvalue weighted by Gasteiger charge is 2.25. The van der Waals surface area contributed by atoms with Gasteiger partial charge in [-0.05, 0) is 56.0 Å². The zero-order valence-corrected chi connectivity index (χ0v) is 19.4. The molecule has 32 heavy (non-hydrogen) atoms. The number of ether oxygens (including phenoxy) is 1. The topological polar surface area (TPSA) is 73.2 Å². The molecule has 1 fully saturated rings. The van der Waals surface area contributed by atoms with Gasteiger partial charge in [-0.15, -0.1) is 0 Å². The molecular weight excluding hydrogens is 422 g/mol. The van der Waals surface area contributed by atoms with Gasteiger partial charge in [0.05, 0.1) is 23.3 Å². The molecule has 7 heteroatoms. The molecule has 4 rings (SSSR count). The minimum atomic E-state index is -0.355. The number of fused-ring (bicyclic) bond motifs is 1. The van der Waals surface area contributed by atoms with Crippen molar-refractivity contribution in [2.75, 3.05) is 13.7 Å². The Hall–Kier alpha value is -2.80. The van der Waals surface area contributed by atoms with Crippen LogP contribution in [0.3, 0.4) is 0 Å². The SMILES string of the molecule is COc1ccc(CCNC(=O)C(C)Sc2nc3ccccc3c(=O)n2C2CCCC2)cc1. The van der Waals surface area contributed by atoms with Crippen LogP contribution < -0.4 is 15.6 Å². The van der Waals surface area contributed by atoms with Crippen molar-refractivity contribution in [3.8, 4) is 5.75 Å². The summed E-state index contributed by atoms with van der Waals surface area (Å²) in [5, 5.41) is 3.94. The van der Waals surface area contributed by atoms with Crippen molar-refractivity contribution in [1.82, 2.24) is 14.9 Å². The van der Waals surface area contributed by atoms with Crippen LogP contribution in [0.1, 0.15) is 44.2 Å². The minimum absolute atomic E-state index is 0.00267. The van der Waals surface area contributed by atoms with Gasteiger partial charge in [-0.1, -0.05) is 48.9 Å². The van der Waals surface area contributed by atoms with Crippen LogP contribution >= 0.6 is 11.8 Å². The number of hydrogen-bond donors (Lipinski definition) is 1. The van der Waals surface area contributed by atoms with Crippen molar-refractivity contribution < 1.29 is 9.53 Å². The van der Waals surface area contributed by atoms with Gasteiger partial charge in [0, 0.05) is 12.6 Å². The van der Waals surface area contributed by atoms with Crippen molar-refractivity contribution in [3.05, 3.63) is 64.4 Å². The summed E-state index contributed by atoms with van der Waals surface area (Å²) < 4.78 is 7.01. The van der Waals surface area contributed by atoms with Gasteiger partial charge in [0.2, 0.25) is 5.91 Å². The van der Waals surface area contributed by atoms with Crippen LogP contribution in [0.25, 0.3) is 10.9 Å². The van der Waals surface area contributed by atoms with Gasteiger partial charge in [-0.2, -0.15) is 0 Å². The normalized spacial score (nSPS) is 15.1. The second-order valence-electron chi connectivity index (χ2n) is 8.17. The van der Waals surface area contributed by atoms with Gasteiger partial charge in [0.25, 0.3) is 5.56 Å². The fourth-order valence-corrected chi connectivity index (χ4v) is 5.17. The van der Waals surface area contributed by atoms with E-state index in [1.165, 1.54) is 11.8 Å². The monoisotopic (exact) mass is 451 g/mol. The van der Waals surface area contributed by atoms with Gasteiger partial charge in [-0.25, -0.2) is 4.98 Å². The van der Waals surface area contributed by atoms with E-state index < -0.39 is 0 Å². The Balaban J connectivity index is 1.46. The number of methoxy groups -OCH3 is 1. The van der Waals surface area contributed by atoms with Crippen molar-refractivity contribution in [2.24, 2.45) is 0 Å². The number of nitrogens with zero attached hydrogens (tertiary/aromatic N) is 2. The summed E-state index contributed by atoms with van der Waals surface area (Å²) in [6.45, 7) is 2.42. The Morgan fingerprint density at radius 3 is 2.62 bits per heavy atom. The Morgan fingerprint density at radius 1 is 1.19 bits per heavy atom. The third-order valence-electron chi connectivity index (χ3n) is 5.99. The van der Waals surface area contributed by atoms with E-state index in [4.69, 9.17) is 9.72 Å². The average Bonchev–Trinajstić information content (AvgIpc) is 3.34. The van der Waals surface area contributed by atoms with E-state index in [1.54, 1.807) is 7.11 Å². The third-order valence-corrected chi connectivity index (χ3v) is 7.06. The number of thioether (sulfide) groups is 1. The summed E-state index contributed by atoms with van der Waals surface area (Å²) in [5.41, 5.74) is 1.82. The molecule has 1 saturated carbocycles. The molecule has 1 N–H and O–H groups in total. The van der Waals surface area contributed by atoms with E-state index in [9.17, 15) is 9.59 Å². The maximum atomic E-state index is 13.3. The minimum Gasteiger partial charge on any atom is -0.497 e. The number of para-hydroxylation sites is 1. The highest BCUT2D eigenvalue weighted by molar-refractivity contribution is 8.00. The third kappa shape index (κ3) is 4.99. The molecule has 168 valence electrons. The number of rotatable bonds is 8. The predicted molar refractivity (Wildman–Crippen MR) is 129 cm³/mol. The molecule has 1 aliphatic rings. The van der Waals surface area contributed by atoms with Crippen LogP contribution in [0.2, 0.25) is 0 Å². The molecule has 0 bridgehead atoms. The molecule has 1 aliphatic carbocycles. The lowest BCUT2D eigenvalue weighted by Crippen LogP contribution is -2.33. The van der Waals surface area contributed by atoms with Gasteiger partial charge in [-0.3, -0.25) is 14.2 Å². The lowest BCUT2D eigenvalue weighted by atomic mass is 10.1. The molecule has 0 saturated heterocycles. The summed E-state index contributed by atoms with van der Waals surface area (Å²) >= 11 is 1.37. The molecule has 0 spiro atoms. The van der Waals surface area contributed by atoms with Crippen LogP contribution in [0.15, 0.2) is 58.5 Å². The number of hydrogen-bond acceptors (Lipinski definition) is 5. The Kier molecular flexibility index (Phi) is 7.15. The first-order chi connectivity index (χ1) is 15.6. The highest BCUT2D eigenvalue weighted by atomic mass is 32.2. The zero-order valence-electron chi connectivity index (χ0n) is 18.5. The first kappa shape index (κ1) is 22.4. The van der Waals surface area contributed by atoms with Crippen molar-refractivity contribution >= 4 is 28.6 Å². The Labute approximate surface area is 192 Å². The van der Waals surface area contributed by atoms with Gasteiger partial charge in [0.1, 0.15) is 5.75 Å². The molecule has 3 aromatic rings. The van der Waals surface area contributed by atoms with Gasteiger partial charge in [0.15, 0.2) is 5.16 Å². The molecule has 1 aromatic heterocycles. The first-order valence-corrected chi connectivity index (χ1v) is 12.0. The van der Waals surface area contributed by atoms with Crippen LogP contribution in [0, 0.1) is 0 Å². The standard InChI is InChI=1S/C25H29N3O3S/c1-17(23(29)26-16-15-18-11-13-20(31-2)14-12-18)32-25-27-22-10-6-5-9-21(22)24(30)28(25)19-7-3-4-8-19/h5-6,9-14,17,19H,3-4,7-8,15-16H2,1-2H3,(H,26,29). The highest BCUT2D eigenvalue weighted by Crippen LogP contribution is 2.33. The summed E-state index contributed by atoms with van der Waals surface area (Å²) in [6.07, 6.45) is 4.95. The Bertz CT molecular complexity index is 1140. The maximum Gasteiger partial charge on any atom is 0.262 e. The quantitative estimate of drug-likeness (QED) is 0.407. The van der Waals surface area contributed by atoms with Crippen LogP contribution in [0.5, 0.6) is 5.75 Å². The smallest absolute Gasteiger partial charge is 0.262 e. The molecule has 1 atom stereocenters. The van der Waals surface area contributed by atoms with Gasteiger partial charge >= 0.3 is 0 Å². The average molecular weight is 452 g/mol. The number of carbonyl (C=O) groups excluding carboxylic acids is 1. The van der Waals surface area contributed by atoms with Crippen molar-refractivity contribution in [2.45, 2.75) is 55.5 Å². The lowest BCUT2D eigenvalue weighted by molar-refractivity contribution is -0.120. The second-order valence-corrected chi connectivity index (χ2v) is 9.48. The predicted octanol–water partition coefficient (Wildman–Crippen LogP) is 4.36. The van der Waals surface area contributed by atoms with Crippen LogP contribution in [0.4, 0.5) is 0 Å². The number of carbonyl (C=O) groups is 1. The van der Waals surface area contributed by atoms with Crippen LogP contribution in [-0.4, -0.2) is 34.4 Å². The van der Waals surface area contributed by atoms with E-state index in [1.807, 2.05) is 60.0 Å². The Morgan fingerprint density at radius 2 is 1.91 bits per heavy atom. The van der Waals surface area contributed by atoms with E-state index in [0.29, 0.717) is 22.6 Å². The largest absolute Gasteiger partial charge is 0.497 e. The first-order valence-electron chi connectivity index (χ1n) is 11.2. The lowest BCUT2D eigenvalue weighted by Gasteiger charge is -2.20. The molecule has 6 nitrogen and oxygen atoms in total.